The number of likely N-dealkylation sites (tertiary alicyclic amines) is 1. The summed E-state index contributed by atoms with van der Waals surface area (Å²) in [6.45, 7) is 4.73. The normalized spacial score (nSPS) is 23.9. The van der Waals surface area contributed by atoms with Crippen molar-refractivity contribution in [2.45, 2.75) is 25.7 Å². The molecule has 100 valence electrons. The fourth-order valence-electron chi connectivity index (χ4n) is 2.23. The Balaban J connectivity index is 0.000000171. The van der Waals surface area contributed by atoms with E-state index in [4.69, 9.17) is 5.11 Å². The Hall–Kier alpha value is -0.450. The standard InChI is InChI=1S/C7H13NO.C6H13NO/c1-8-4-2-7(6-9)3-5-8;8-5-6-1-3-7-4-2-6/h6-7H,2-5H2,1H3;6-8H,1-5H2. The molecular formula is C13H26N2O2. The summed E-state index contributed by atoms with van der Waals surface area (Å²) in [6, 6.07) is 0. The molecule has 0 amide bonds. The number of aliphatic hydroxyl groups is 1. The Morgan fingerprint density at radius 1 is 1.24 bits per heavy atom. The van der Waals surface area contributed by atoms with Crippen molar-refractivity contribution in [3.63, 3.8) is 0 Å². The first kappa shape index (κ1) is 14.6. The highest BCUT2D eigenvalue weighted by molar-refractivity contribution is 5.53. The highest BCUT2D eigenvalue weighted by Gasteiger charge is 2.14. The van der Waals surface area contributed by atoms with Gasteiger partial charge in [0.05, 0.1) is 0 Å². The summed E-state index contributed by atoms with van der Waals surface area (Å²) in [5.74, 6) is 0.928. The van der Waals surface area contributed by atoms with Crippen molar-refractivity contribution in [2.75, 3.05) is 39.8 Å². The van der Waals surface area contributed by atoms with Crippen LogP contribution < -0.4 is 5.32 Å². The van der Waals surface area contributed by atoms with Crippen LogP contribution in [0.3, 0.4) is 0 Å². The molecule has 2 N–H and O–H groups in total. The number of hydrogen-bond donors (Lipinski definition) is 2. The van der Waals surface area contributed by atoms with Crippen LogP contribution in [0.15, 0.2) is 0 Å². The van der Waals surface area contributed by atoms with Gasteiger partial charge in [-0.2, -0.15) is 0 Å². The first-order chi connectivity index (χ1) is 8.26. The van der Waals surface area contributed by atoms with Crippen molar-refractivity contribution in [3.8, 4) is 0 Å². The molecule has 0 bridgehead atoms. The molecule has 2 aliphatic rings. The second kappa shape index (κ2) is 8.61. The number of carbonyl (C=O) groups is 1. The molecule has 2 rings (SSSR count). The molecule has 17 heavy (non-hydrogen) atoms. The molecule has 0 aromatic rings. The van der Waals surface area contributed by atoms with E-state index >= 15 is 0 Å². The Kier molecular flexibility index (Phi) is 7.40. The van der Waals surface area contributed by atoms with Crippen molar-refractivity contribution < 1.29 is 9.90 Å². The van der Waals surface area contributed by atoms with Crippen LogP contribution in [-0.4, -0.2) is 56.1 Å². The average molecular weight is 242 g/mol. The van der Waals surface area contributed by atoms with Crippen molar-refractivity contribution in [1.29, 1.82) is 0 Å². The van der Waals surface area contributed by atoms with E-state index in [1.54, 1.807) is 0 Å². The molecule has 2 aliphatic heterocycles. The summed E-state index contributed by atoms with van der Waals surface area (Å²) < 4.78 is 0. The SMILES string of the molecule is CN1CCC(C=O)CC1.OCC1CCNCC1. The second-order valence-electron chi connectivity index (χ2n) is 5.15. The van der Waals surface area contributed by atoms with Crippen LogP contribution >= 0.6 is 0 Å². The second-order valence-corrected chi connectivity index (χ2v) is 5.15. The molecule has 0 spiro atoms. The topological polar surface area (TPSA) is 52.6 Å². The third-order valence-electron chi connectivity index (χ3n) is 3.67. The number of nitrogens with one attached hydrogen (secondary N) is 1. The lowest BCUT2D eigenvalue weighted by atomic mass is 9.99. The van der Waals surface area contributed by atoms with Gasteiger partial charge in [0.2, 0.25) is 0 Å². The van der Waals surface area contributed by atoms with Crippen molar-refractivity contribution in [3.05, 3.63) is 0 Å². The lowest BCUT2D eigenvalue weighted by molar-refractivity contribution is -0.112. The predicted octanol–water partition coefficient (Wildman–Crippen LogP) is 0.505. The van der Waals surface area contributed by atoms with Gasteiger partial charge in [0.1, 0.15) is 6.29 Å². The minimum absolute atomic E-state index is 0.348. The lowest BCUT2D eigenvalue weighted by Crippen LogP contribution is -2.30. The van der Waals surface area contributed by atoms with E-state index in [2.05, 4.69) is 17.3 Å². The number of aldehydes is 1. The fourth-order valence-corrected chi connectivity index (χ4v) is 2.23. The molecule has 2 heterocycles. The van der Waals surface area contributed by atoms with Crippen LogP contribution in [0.2, 0.25) is 0 Å². The van der Waals surface area contributed by atoms with E-state index in [0.29, 0.717) is 18.4 Å². The molecule has 4 heteroatoms. The van der Waals surface area contributed by atoms with E-state index in [-0.39, 0.29) is 0 Å². The fraction of sp³-hybridized carbons (Fsp3) is 0.923. The Labute approximate surface area is 104 Å². The molecule has 0 aromatic carbocycles. The van der Waals surface area contributed by atoms with E-state index in [9.17, 15) is 4.79 Å². The summed E-state index contributed by atoms with van der Waals surface area (Å²) in [7, 11) is 2.10. The van der Waals surface area contributed by atoms with Crippen LogP contribution in [0.5, 0.6) is 0 Å². The van der Waals surface area contributed by atoms with Gasteiger partial charge in [-0.1, -0.05) is 0 Å². The van der Waals surface area contributed by atoms with E-state index in [0.717, 1.165) is 58.1 Å². The molecule has 0 aromatic heterocycles. The number of nitrogens with zero attached hydrogens (tertiary/aromatic N) is 1. The Morgan fingerprint density at radius 2 is 1.82 bits per heavy atom. The Morgan fingerprint density at radius 3 is 2.24 bits per heavy atom. The van der Waals surface area contributed by atoms with Gasteiger partial charge >= 0.3 is 0 Å². The van der Waals surface area contributed by atoms with Gasteiger partial charge in [-0.05, 0) is 64.8 Å². The maximum atomic E-state index is 10.2. The first-order valence-electron chi connectivity index (χ1n) is 6.71. The zero-order valence-corrected chi connectivity index (χ0v) is 10.9. The molecule has 0 unspecified atom stereocenters. The number of rotatable bonds is 2. The Bertz CT molecular complexity index is 198. The molecule has 4 nitrogen and oxygen atoms in total. The largest absolute Gasteiger partial charge is 0.396 e. The van der Waals surface area contributed by atoms with Crippen LogP contribution in [0.4, 0.5) is 0 Å². The maximum absolute atomic E-state index is 10.2. The number of piperidine rings is 2. The van der Waals surface area contributed by atoms with Gasteiger partial charge in [-0.25, -0.2) is 0 Å². The van der Waals surface area contributed by atoms with E-state index in [1.165, 1.54) is 0 Å². The smallest absolute Gasteiger partial charge is 0.123 e. The molecule has 0 aliphatic carbocycles. The van der Waals surface area contributed by atoms with Gasteiger partial charge in [-0.15, -0.1) is 0 Å². The molecule has 2 fully saturated rings. The summed E-state index contributed by atoms with van der Waals surface area (Å²) in [6.07, 6.45) is 5.50. The van der Waals surface area contributed by atoms with Crippen LogP contribution in [-0.2, 0) is 4.79 Å². The van der Waals surface area contributed by atoms with Gasteiger partial charge in [0, 0.05) is 12.5 Å². The van der Waals surface area contributed by atoms with Crippen molar-refractivity contribution in [2.24, 2.45) is 11.8 Å². The average Bonchev–Trinajstić information content (AvgIpc) is 2.41. The summed E-state index contributed by atoms with van der Waals surface area (Å²) in [4.78, 5) is 12.5. The minimum Gasteiger partial charge on any atom is -0.396 e. The van der Waals surface area contributed by atoms with Crippen LogP contribution in [0.25, 0.3) is 0 Å². The molecule has 2 saturated heterocycles. The number of aliphatic hydroxyl groups excluding tert-OH is 1. The van der Waals surface area contributed by atoms with Gasteiger partial charge in [0.15, 0.2) is 0 Å². The third-order valence-corrected chi connectivity index (χ3v) is 3.67. The van der Waals surface area contributed by atoms with Gasteiger partial charge in [-0.3, -0.25) is 0 Å². The maximum Gasteiger partial charge on any atom is 0.123 e. The van der Waals surface area contributed by atoms with Crippen LogP contribution in [0, 0.1) is 11.8 Å². The zero-order valence-electron chi connectivity index (χ0n) is 10.9. The van der Waals surface area contributed by atoms with Gasteiger partial charge < -0.3 is 20.1 Å². The first-order valence-corrected chi connectivity index (χ1v) is 6.71. The third kappa shape index (κ3) is 6.15. The van der Waals surface area contributed by atoms with Crippen molar-refractivity contribution in [1.82, 2.24) is 10.2 Å². The van der Waals surface area contributed by atoms with Crippen molar-refractivity contribution >= 4 is 6.29 Å². The highest BCUT2D eigenvalue weighted by Crippen LogP contribution is 2.12. The molecule has 0 atom stereocenters. The summed E-state index contributed by atoms with van der Waals surface area (Å²) in [5.41, 5.74) is 0. The lowest BCUT2D eigenvalue weighted by Gasteiger charge is -2.25. The van der Waals surface area contributed by atoms with Crippen LogP contribution in [0.1, 0.15) is 25.7 Å². The molecule has 0 radical (unpaired) electrons. The monoisotopic (exact) mass is 242 g/mol. The summed E-state index contributed by atoms with van der Waals surface area (Å²) in [5, 5.41) is 11.9. The predicted molar refractivity (Wildman–Crippen MR) is 69.0 cm³/mol. The van der Waals surface area contributed by atoms with E-state index < -0.39 is 0 Å². The van der Waals surface area contributed by atoms with E-state index in [1.807, 2.05) is 0 Å². The number of hydrogen-bond acceptors (Lipinski definition) is 4. The zero-order chi connectivity index (χ0) is 12.5. The molecule has 0 saturated carbocycles. The number of carbonyl (C=O) groups excluding carboxylic acids is 1. The minimum atomic E-state index is 0.348. The molecular weight excluding hydrogens is 216 g/mol. The van der Waals surface area contributed by atoms with Gasteiger partial charge in [0.25, 0.3) is 0 Å². The quantitative estimate of drug-likeness (QED) is 0.693. The summed E-state index contributed by atoms with van der Waals surface area (Å²) >= 11 is 0. The highest BCUT2D eigenvalue weighted by atomic mass is 16.3.